The van der Waals surface area contributed by atoms with Crippen molar-refractivity contribution in [3.63, 3.8) is 0 Å². The molecule has 5 nitrogen and oxygen atoms in total. The van der Waals surface area contributed by atoms with Crippen LogP contribution in [0, 0.1) is 6.92 Å². The predicted octanol–water partition coefficient (Wildman–Crippen LogP) is 5.11. The van der Waals surface area contributed by atoms with Crippen LogP contribution in [0.4, 0.5) is 5.69 Å². The Balaban J connectivity index is 1.57. The van der Waals surface area contributed by atoms with Gasteiger partial charge in [0.25, 0.3) is 5.91 Å². The molecule has 2 atom stereocenters. The molecule has 3 aliphatic rings. The summed E-state index contributed by atoms with van der Waals surface area (Å²) < 4.78 is 7.45. The fourth-order valence-electron chi connectivity index (χ4n) is 4.59. The molecule has 0 saturated heterocycles. The fraction of sp³-hybridized carbons (Fsp3) is 0.167. The normalized spacial score (nSPS) is 23.4. The molecule has 0 saturated carbocycles. The highest BCUT2D eigenvalue weighted by Gasteiger charge is 2.60. The smallest absolute Gasteiger partial charge is 0.306 e. The minimum absolute atomic E-state index is 0.0977. The summed E-state index contributed by atoms with van der Waals surface area (Å²) in [6.45, 7) is 2.07. The number of anilines is 1. The van der Waals surface area contributed by atoms with E-state index in [4.69, 9.17) is 9.84 Å². The van der Waals surface area contributed by atoms with Crippen LogP contribution in [0.3, 0.4) is 0 Å². The first-order valence-corrected chi connectivity index (χ1v) is 10.7. The van der Waals surface area contributed by atoms with Crippen molar-refractivity contribution in [2.45, 2.75) is 25.1 Å². The number of carbonyl (C=O) groups is 1. The lowest BCUT2D eigenvalue weighted by Gasteiger charge is -2.44. The molecule has 3 heterocycles. The second-order valence-electron chi connectivity index (χ2n) is 7.91. The van der Waals surface area contributed by atoms with Gasteiger partial charge in [0.05, 0.1) is 23.0 Å². The highest BCUT2D eigenvalue weighted by molar-refractivity contribution is 9.10. The molecular formula is C24H18BrN3O2. The standard InChI is InChI=1S/C24H18BrN3O2/c1-14-6-8-15(9-7-14)20-13-21-17-12-16(25)10-11-22(17)30-24(28(21)27-20)18-4-2-3-5-19(18)26-23(24)29/h2-12,21H,13H2,1H3,(H,26,29)/t21-,24-/m0/s1. The van der Waals surface area contributed by atoms with Crippen LogP contribution in [0.15, 0.2) is 76.3 Å². The zero-order chi connectivity index (χ0) is 20.5. The van der Waals surface area contributed by atoms with Gasteiger partial charge in [0, 0.05) is 16.5 Å². The summed E-state index contributed by atoms with van der Waals surface area (Å²) in [5, 5.41) is 9.82. The third kappa shape index (κ3) is 2.34. The number of hydrogen-bond acceptors (Lipinski definition) is 4. The molecule has 0 unspecified atom stereocenters. The van der Waals surface area contributed by atoms with Gasteiger partial charge in [-0.25, -0.2) is 5.01 Å². The Labute approximate surface area is 182 Å². The van der Waals surface area contributed by atoms with E-state index < -0.39 is 5.72 Å². The molecule has 148 valence electrons. The lowest BCUT2D eigenvalue weighted by Crippen LogP contribution is -2.55. The van der Waals surface area contributed by atoms with Crippen molar-refractivity contribution in [2.75, 3.05) is 5.32 Å². The number of ether oxygens (including phenoxy) is 1. The maximum absolute atomic E-state index is 13.4. The van der Waals surface area contributed by atoms with E-state index in [2.05, 4.69) is 58.5 Å². The third-order valence-electron chi connectivity index (χ3n) is 6.05. The maximum Gasteiger partial charge on any atom is 0.306 e. The van der Waals surface area contributed by atoms with Crippen molar-refractivity contribution in [3.8, 4) is 5.75 Å². The third-order valence-corrected chi connectivity index (χ3v) is 6.55. The molecule has 3 aromatic rings. The Kier molecular flexibility index (Phi) is 3.65. The minimum Gasteiger partial charge on any atom is -0.453 e. The summed E-state index contributed by atoms with van der Waals surface area (Å²) in [4.78, 5) is 13.4. The number of rotatable bonds is 1. The van der Waals surface area contributed by atoms with Crippen LogP contribution in [-0.2, 0) is 10.5 Å². The number of nitrogens with zero attached hydrogens (tertiary/aromatic N) is 2. The molecule has 6 rings (SSSR count). The molecule has 3 aliphatic heterocycles. The first-order chi connectivity index (χ1) is 14.6. The molecule has 3 aromatic carbocycles. The Bertz CT molecular complexity index is 1240. The molecule has 1 spiro atoms. The average Bonchev–Trinajstić information content (AvgIpc) is 3.31. The zero-order valence-electron chi connectivity index (χ0n) is 16.2. The molecule has 30 heavy (non-hydrogen) atoms. The van der Waals surface area contributed by atoms with E-state index in [0.29, 0.717) is 12.2 Å². The lowest BCUT2D eigenvalue weighted by atomic mass is 9.92. The van der Waals surface area contributed by atoms with Crippen LogP contribution in [-0.4, -0.2) is 16.6 Å². The van der Waals surface area contributed by atoms with Crippen LogP contribution in [0.1, 0.15) is 34.7 Å². The summed E-state index contributed by atoms with van der Waals surface area (Å²) >= 11 is 3.58. The number of nitrogens with one attached hydrogen (secondary N) is 1. The monoisotopic (exact) mass is 459 g/mol. The van der Waals surface area contributed by atoms with Gasteiger partial charge in [-0.05, 0) is 36.8 Å². The first-order valence-electron chi connectivity index (χ1n) is 9.89. The van der Waals surface area contributed by atoms with Gasteiger partial charge in [0.1, 0.15) is 5.75 Å². The molecule has 0 aromatic heterocycles. The van der Waals surface area contributed by atoms with Gasteiger partial charge in [0.15, 0.2) is 0 Å². The van der Waals surface area contributed by atoms with Crippen molar-refractivity contribution in [1.82, 2.24) is 5.01 Å². The maximum atomic E-state index is 13.4. The highest BCUT2D eigenvalue weighted by Crippen LogP contribution is 2.54. The lowest BCUT2D eigenvalue weighted by molar-refractivity contribution is -0.161. The van der Waals surface area contributed by atoms with Gasteiger partial charge >= 0.3 is 5.72 Å². The van der Waals surface area contributed by atoms with E-state index in [1.165, 1.54) is 5.56 Å². The van der Waals surface area contributed by atoms with Crippen molar-refractivity contribution in [2.24, 2.45) is 5.10 Å². The van der Waals surface area contributed by atoms with Crippen LogP contribution in [0.2, 0.25) is 0 Å². The van der Waals surface area contributed by atoms with Gasteiger partial charge < -0.3 is 10.1 Å². The minimum atomic E-state index is -1.31. The number of fused-ring (bicyclic) bond motifs is 6. The van der Waals surface area contributed by atoms with Crippen molar-refractivity contribution in [1.29, 1.82) is 0 Å². The largest absolute Gasteiger partial charge is 0.453 e. The molecule has 6 heteroatoms. The van der Waals surface area contributed by atoms with E-state index in [0.717, 1.165) is 32.6 Å². The van der Waals surface area contributed by atoms with E-state index >= 15 is 0 Å². The van der Waals surface area contributed by atoms with Crippen LogP contribution in [0.5, 0.6) is 5.75 Å². The Morgan fingerprint density at radius 2 is 1.93 bits per heavy atom. The van der Waals surface area contributed by atoms with Crippen molar-refractivity contribution < 1.29 is 9.53 Å². The first kappa shape index (κ1) is 17.7. The van der Waals surface area contributed by atoms with Crippen LogP contribution in [0.25, 0.3) is 0 Å². The second-order valence-corrected chi connectivity index (χ2v) is 8.82. The number of halogens is 1. The second kappa shape index (κ2) is 6.19. The SMILES string of the molecule is Cc1ccc(C2=NN3[C@@H](C2)c2cc(Br)ccc2O[C@@]32C(=O)Nc3ccccc32)cc1. The summed E-state index contributed by atoms with van der Waals surface area (Å²) in [5.74, 6) is 0.503. The van der Waals surface area contributed by atoms with E-state index in [9.17, 15) is 4.79 Å². The molecular weight excluding hydrogens is 442 g/mol. The van der Waals surface area contributed by atoms with Crippen LogP contribution >= 0.6 is 15.9 Å². The van der Waals surface area contributed by atoms with Gasteiger partial charge in [-0.3, -0.25) is 4.79 Å². The number of carbonyl (C=O) groups excluding carboxylic acids is 1. The number of aryl methyl sites for hydroxylation is 1. The number of hydrazone groups is 1. The van der Waals surface area contributed by atoms with Gasteiger partial charge in [-0.1, -0.05) is 64.0 Å². The molecule has 1 N–H and O–H groups in total. The Morgan fingerprint density at radius 1 is 1.13 bits per heavy atom. The fourth-order valence-corrected chi connectivity index (χ4v) is 4.97. The summed E-state index contributed by atoms with van der Waals surface area (Å²) in [6, 6.07) is 21.9. The number of para-hydroxylation sites is 1. The Hall–Kier alpha value is -3.12. The molecule has 0 radical (unpaired) electrons. The summed E-state index contributed by atoms with van der Waals surface area (Å²) in [5.41, 5.74) is 4.49. The van der Waals surface area contributed by atoms with Crippen molar-refractivity contribution in [3.05, 3.63) is 93.5 Å². The quantitative estimate of drug-likeness (QED) is 0.550. The zero-order valence-corrected chi connectivity index (χ0v) is 17.8. The molecule has 0 bridgehead atoms. The van der Waals surface area contributed by atoms with Gasteiger partial charge in [-0.15, -0.1) is 0 Å². The molecule has 0 fully saturated rings. The molecule has 1 amide bonds. The van der Waals surface area contributed by atoms with Gasteiger partial charge in [0.2, 0.25) is 0 Å². The summed E-state index contributed by atoms with van der Waals surface area (Å²) in [7, 11) is 0. The van der Waals surface area contributed by atoms with E-state index in [1.807, 2.05) is 41.4 Å². The predicted molar refractivity (Wildman–Crippen MR) is 118 cm³/mol. The number of benzene rings is 3. The van der Waals surface area contributed by atoms with Crippen LogP contribution < -0.4 is 10.1 Å². The topological polar surface area (TPSA) is 53.9 Å². The van der Waals surface area contributed by atoms with E-state index in [-0.39, 0.29) is 11.9 Å². The number of hydrogen-bond donors (Lipinski definition) is 1. The van der Waals surface area contributed by atoms with Gasteiger partial charge in [-0.2, -0.15) is 5.10 Å². The summed E-state index contributed by atoms with van der Waals surface area (Å²) in [6.07, 6.45) is 0.701. The average molecular weight is 460 g/mol. The Morgan fingerprint density at radius 3 is 2.77 bits per heavy atom. The highest BCUT2D eigenvalue weighted by atomic mass is 79.9. The number of amides is 1. The van der Waals surface area contributed by atoms with E-state index in [1.54, 1.807) is 0 Å². The molecule has 0 aliphatic carbocycles. The van der Waals surface area contributed by atoms with Crippen molar-refractivity contribution >= 4 is 33.2 Å².